The first-order chi connectivity index (χ1) is 14.5. The van der Waals surface area contributed by atoms with Crippen LogP contribution < -0.4 is 5.32 Å². The molecule has 152 valence electrons. The van der Waals surface area contributed by atoms with Crippen LogP contribution >= 0.6 is 0 Å². The number of carbonyl (C=O) groups excluding carboxylic acids is 3. The van der Waals surface area contributed by atoms with E-state index < -0.39 is 30.5 Å². The first kappa shape index (κ1) is 20.6. The largest absolute Gasteiger partial charge is 0.467 e. The number of fused-ring (bicyclic) bond motifs is 1. The summed E-state index contributed by atoms with van der Waals surface area (Å²) in [6, 6.07) is 14.5. The topological polar surface area (TPSA) is 121 Å². The molecule has 0 fully saturated rings. The molecule has 2 aromatic carbocycles. The molecule has 2 N–H and O–H groups in total. The van der Waals surface area contributed by atoms with Gasteiger partial charge in [-0.15, -0.1) is 0 Å². The molecule has 1 amide bonds. The number of benzene rings is 2. The summed E-state index contributed by atoms with van der Waals surface area (Å²) in [4.78, 5) is 39.6. The fraction of sp³-hybridized carbons (Fsp3) is 0.182. The maximum absolute atomic E-state index is 12.3. The highest BCUT2D eigenvalue weighted by atomic mass is 16.5. The van der Waals surface area contributed by atoms with Gasteiger partial charge in [0.15, 0.2) is 6.61 Å². The van der Waals surface area contributed by atoms with Gasteiger partial charge in [-0.05, 0) is 29.8 Å². The first-order valence-electron chi connectivity index (χ1n) is 9.11. The quantitative estimate of drug-likeness (QED) is 0.581. The van der Waals surface area contributed by atoms with Crippen molar-refractivity contribution < 1.29 is 23.9 Å². The predicted octanol–water partition coefficient (Wildman–Crippen LogP) is 2.10. The minimum atomic E-state index is -0.942. The maximum atomic E-state index is 12.3. The molecule has 0 saturated carbocycles. The van der Waals surface area contributed by atoms with Crippen LogP contribution in [0.1, 0.15) is 21.5 Å². The Morgan fingerprint density at radius 2 is 1.97 bits per heavy atom. The molecule has 0 unspecified atom stereocenters. The van der Waals surface area contributed by atoms with Gasteiger partial charge >= 0.3 is 11.9 Å². The van der Waals surface area contributed by atoms with Gasteiger partial charge in [0, 0.05) is 23.5 Å². The van der Waals surface area contributed by atoms with Crippen molar-refractivity contribution in [2.45, 2.75) is 12.5 Å². The molecule has 8 heteroatoms. The van der Waals surface area contributed by atoms with Gasteiger partial charge < -0.3 is 19.8 Å². The molecule has 3 aromatic rings. The Labute approximate surface area is 172 Å². The van der Waals surface area contributed by atoms with Crippen LogP contribution in [0.15, 0.2) is 54.7 Å². The molecular weight excluding hydrogens is 386 g/mol. The summed E-state index contributed by atoms with van der Waals surface area (Å²) in [6.07, 6.45) is 1.98. The van der Waals surface area contributed by atoms with Gasteiger partial charge in [-0.3, -0.25) is 4.79 Å². The number of hydrogen-bond donors (Lipinski definition) is 2. The first-order valence-corrected chi connectivity index (χ1v) is 9.11. The smallest absolute Gasteiger partial charge is 0.338 e. The lowest BCUT2D eigenvalue weighted by molar-refractivity contribution is -0.145. The fourth-order valence-electron chi connectivity index (χ4n) is 3.02. The highest BCUT2D eigenvalue weighted by molar-refractivity contribution is 5.92. The lowest BCUT2D eigenvalue weighted by atomic mass is 10.0. The van der Waals surface area contributed by atoms with Crippen LogP contribution in [-0.2, 0) is 25.5 Å². The average molecular weight is 405 g/mol. The lowest BCUT2D eigenvalue weighted by Gasteiger charge is -2.16. The second-order valence-corrected chi connectivity index (χ2v) is 6.48. The third-order valence-corrected chi connectivity index (χ3v) is 4.48. The number of nitrogens with zero attached hydrogens (tertiary/aromatic N) is 1. The van der Waals surface area contributed by atoms with E-state index in [0.29, 0.717) is 5.56 Å². The van der Waals surface area contributed by atoms with Crippen molar-refractivity contribution in [2.24, 2.45) is 0 Å². The van der Waals surface area contributed by atoms with Gasteiger partial charge in [-0.2, -0.15) is 5.26 Å². The van der Waals surface area contributed by atoms with Crippen molar-refractivity contribution in [1.29, 1.82) is 5.26 Å². The van der Waals surface area contributed by atoms with E-state index in [0.717, 1.165) is 16.5 Å². The van der Waals surface area contributed by atoms with Crippen LogP contribution in [0.4, 0.5) is 0 Å². The SMILES string of the molecule is COC(=O)[C@@H](Cc1c[nH]c2ccccc12)NC(=O)COC(=O)c1cccc(C#N)c1. The number of methoxy groups -OCH3 is 1. The van der Waals surface area contributed by atoms with Crippen LogP contribution in [0, 0.1) is 11.3 Å². The minimum Gasteiger partial charge on any atom is -0.467 e. The van der Waals surface area contributed by atoms with Crippen LogP contribution in [-0.4, -0.2) is 42.6 Å². The third-order valence-electron chi connectivity index (χ3n) is 4.48. The van der Waals surface area contributed by atoms with Crippen molar-refractivity contribution in [3.05, 3.63) is 71.4 Å². The number of hydrogen-bond acceptors (Lipinski definition) is 6. The van der Waals surface area contributed by atoms with Gasteiger partial charge in [-0.1, -0.05) is 24.3 Å². The van der Waals surface area contributed by atoms with Crippen molar-refractivity contribution in [1.82, 2.24) is 10.3 Å². The molecule has 0 aliphatic carbocycles. The Hall–Kier alpha value is -4.12. The number of nitrogens with one attached hydrogen (secondary N) is 2. The number of H-pyrrole nitrogens is 1. The monoisotopic (exact) mass is 405 g/mol. The van der Waals surface area contributed by atoms with Crippen molar-refractivity contribution in [2.75, 3.05) is 13.7 Å². The van der Waals surface area contributed by atoms with Crippen molar-refractivity contribution in [3.63, 3.8) is 0 Å². The molecule has 1 atom stereocenters. The molecule has 0 aliphatic rings. The van der Waals surface area contributed by atoms with Gasteiger partial charge in [0.1, 0.15) is 6.04 Å². The normalized spacial score (nSPS) is 11.3. The Bertz CT molecular complexity index is 1130. The Morgan fingerprint density at radius 1 is 1.17 bits per heavy atom. The average Bonchev–Trinajstić information content (AvgIpc) is 3.19. The number of rotatable bonds is 7. The number of para-hydroxylation sites is 1. The molecule has 0 aliphatic heterocycles. The van der Waals surface area contributed by atoms with E-state index in [4.69, 9.17) is 14.7 Å². The number of esters is 2. The van der Waals surface area contributed by atoms with E-state index in [-0.39, 0.29) is 12.0 Å². The number of amides is 1. The maximum Gasteiger partial charge on any atom is 0.338 e. The van der Waals surface area contributed by atoms with Gasteiger partial charge in [0.25, 0.3) is 5.91 Å². The molecule has 0 bridgehead atoms. The second-order valence-electron chi connectivity index (χ2n) is 6.48. The number of aromatic amines is 1. The molecule has 8 nitrogen and oxygen atoms in total. The number of aromatic nitrogens is 1. The predicted molar refractivity (Wildman–Crippen MR) is 107 cm³/mol. The van der Waals surface area contributed by atoms with Crippen LogP contribution in [0.25, 0.3) is 10.9 Å². The summed E-state index contributed by atoms with van der Waals surface area (Å²) in [5, 5.41) is 12.4. The summed E-state index contributed by atoms with van der Waals surface area (Å²) >= 11 is 0. The zero-order chi connectivity index (χ0) is 21.5. The molecule has 1 heterocycles. The summed E-state index contributed by atoms with van der Waals surface area (Å²) in [6.45, 7) is -0.572. The Morgan fingerprint density at radius 3 is 2.73 bits per heavy atom. The third kappa shape index (κ3) is 4.83. The molecule has 30 heavy (non-hydrogen) atoms. The Kier molecular flexibility index (Phi) is 6.45. The lowest BCUT2D eigenvalue weighted by Crippen LogP contribution is -2.44. The second kappa shape index (κ2) is 9.39. The van der Waals surface area contributed by atoms with Crippen LogP contribution in [0.3, 0.4) is 0 Å². The zero-order valence-electron chi connectivity index (χ0n) is 16.2. The van der Waals surface area contributed by atoms with Crippen molar-refractivity contribution >= 4 is 28.7 Å². The van der Waals surface area contributed by atoms with Gasteiger partial charge in [0.2, 0.25) is 0 Å². The Balaban J connectivity index is 1.63. The fourth-order valence-corrected chi connectivity index (χ4v) is 3.02. The number of nitriles is 1. The summed E-state index contributed by atoms with van der Waals surface area (Å²) in [5.74, 6) is -2.00. The molecular formula is C22H19N3O5. The summed E-state index contributed by atoms with van der Waals surface area (Å²) in [7, 11) is 1.24. The van der Waals surface area contributed by atoms with Crippen LogP contribution in [0.5, 0.6) is 0 Å². The number of ether oxygens (including phenoxy) is 2. The van der Waals surface area contributed by atoms with E-state index in [1.807, 2.05) is 30.3 Å². The minimum absolute atomic E-state index is 0.158. The van der Waals surface area contributed by atoms with Gasteiger partial charge in [-0.25, -0.2) is 9.59 Å². The summed E-state index contributed by atoms with van der Waals surface area (Å²) < 4.78 is 9.78. The highest BCUT2D eigenvalue weighted by Gasteiger charge is 2.24. The van der Waals surface area contributed by atoms with E-state index in [1.54, 1.807) is 18.3 Å². The van der Waals surface area contributed by atoms with Gasteiger partial charge in [0.05, 0.1) is 24.3 Å². The molecule has 0 spiro atoms. The molecule has 0 radical (unpaired) electrons. The van der Waals surface area contributed by atoms with E-state index in [1.165, 1.54) is 19.2 Å². The highest BCUT2D eigenvalue weighted by Crippen LogP contribution is 2.19. The standard InChI is InChI=1S/C22H19N3O5/c1-29-22(28)19(10-16-12-24-18-8-3-2-7-17(16)18)25-20(26)13-30-21(27)15-6-4-5-14(9-15)11-23/h2-9,12,19,24H,10,13H2,1H3,(H,25,26)/t19-/m1/s1. The molecule has 3 rings (SSSR count). The van der Waals surface area contributed by atoms with E-state index in [9.17, 15) is 14.4 Å². The van der Waals surface area contributed by atoms with E-state index >= 15 is 0 Å². The number of carbonyl (C=O) groups is 3. The molecule has 1 aromatic heterocycles. The summed E-state index contributed by atoms with van der Waals surface area (Å²) in [5.41, 5.74) is 2.21. The van der Waals surface area contributed by atoms with E-state index in [2.05, 4.69) is 10.3 Å². The zero-order valence-corrected chi connectivity index (χ0v) is 16.2. The molecule has 0 saturated heterocycles. The van der Waals surface area contributed by atoms with Crippen LogP contribution in [0.2, 0.25) is 0 Å². The van der Waals surface area contributed by atoms with Crippen molar-refractivity contribution in [3.8, 4) is 6.07 Å².